The van der Waals surface area contributed by atoms with Gasteiger partial charge in [-0.25, -0.2) is 4.98 Å². The molecule has 2 heterocycles. The fourth-order valence-corrected chi connectivity index (χ4v) is 2.04. The number of benzene rings is 1. The summed E-state index contributed by atoms with van der Waals surface area (Å²) in [4.78, 5) is 7.52. The second kappa shape index (κ2) is 3.06. The summed E-state index contributed by atoms with van der Waals surface area (Å²) in [7, 11) is 0. The second-order valence-electron chi connectivity index (χ2n) is 4.24. The zero-order valence-corrected chi connectivity index (χ0v) is 8.95. The largest absolute Gasteiger partial charge is 0.377 e. The Labute approximate surface area is 92.9 Å². The summed E-state index contributed by atoms with van der Waals surface area (Å²) in [5.41, 5.74) is 2.48. The molecule has 0 aliphatic carbocycles. The number of nitrogens with one attached hydrogen (secondary N) is 1. The molecular formula is C12H11N3O. The van der Waals surface area contributed by atoms with Crippen LogP contribution >= 0.6 is 0 Å². The summed E-state index contributed by atoms with van der Waals surface area (Å²) in [5.74, 6) is 0.892. The summed E-state index contributed by atoms with van der Waals surface area (Å²) in [6.45, 7) is 2.90. The molecule has 0 amide bonds. The molecule has 4 nitrogen and oxygen atoms in total. The lowest BCUT2D eigenvalue weighted by molar-refractivity contribution is -0.0297. The van der Waals surface area contributed by atoms with Crippen molar-refractivity contribution in [1.29, 1.82) is 5.26 Å². The first-order valence-electron chi connectivity index (χ1n) is 5.19. The minimum Gasteiger partial charge on any atom is -0.377 e. The van der Waals surface area contributed by atoms with Gasteiger partial charge in [0.15, 0.2) is 0 Å². The molecule has 4 heteroatoms. The van der Waals surface area contributed by atoms with Crippen molar-refractivity contribution >= 4 is 11.0 Å². The monoisotopic (exact) mass is 213 g/mol. The van der Waals surface area contributed by atoms with Crippen LogP contribution in [0.4, 0.5) is 0 Å². The van der Waals surface area contributed by atoms with Crippen LogP contribution in [0.1, 0.15) is 11.4 Å². The second-order valence-corrected chi connectivity index (χ2v) is 4.24. The normalized spacial score (nSPS) is 18.0. The lowest BCUT2D eigenvalue weighted by Crippen LogP contribution is -2.45. The lowest BCUT2D eigenvalue weighted by Gasteiger charge is -2.35. The van der Waals surface area contributed by atoms with Gasteiger partial charge < -0.3 is 9.72 Å². The van der Waals surface area contributed by atoms with Gasteiger partial charge in [-0.2, -0.15) is 5.26 Å². The van der Waals surface area contributed by atoms with Crippen LogP contribution in [0.5, 0.6) is 0 Å². The molecule has 80 valence electrons. The smallest absolute Gasteiger partial charge is 0.129 e. The first-order valence-corrected chi connectivity index (χ1v) is 5.19. The Kier molecular flexibility index (Phi) is 1.79. The van der Waals surface area contributed by atoms with Crippen molar-refractivity contribution in [2.24, 2.45) is 0 Å². The van der Waals surface area contributed by atoms with E-state index in [2.05, 4.69) is 16.0 Å². The van der Waals surface area contributed by atoms with Gasteiger partial charge >= 0.3 is 0 Å². The molecule has 1 saturated heterocycles. The maximum Gasteiger partial charge on any atom is 0.129 e. The quantitative estimate of drug-likeness (QED) is 0.783. The van der Waals surface area contributed by atoms with Crippen molar-refractivity contribution in [1.82, 2.24) is 9.97 Å². The van der Waals surface area contributed by atoms with Crippen LogP contribution in [0.2, 0.25) is 0 Å². The average Bonchev–Trinajstić information content (AvgIpc) is 2.56. The van der Waals surface area contributed by atoms with Gasteiger partial charge in [-0.1, -0.05) is 6.07 Å². The number of imidazole rings is 1. The van der Waals surface area contributed by atoms with Crippen LogP contribution in [0.3, 0.4) is 0 Å². The predicted octanol–water partition coefficient (Wildman–Crippen LogP) is 1.66. The molecule has 0 atom stereocenters. The number of rotatable bonds is 1. The van der Waals surface area contributed by atoms with Gasteiger partial charge in [0.1, 0.15) is 11.2 Å². The third-order valence-electron chi connectivity index (χ3n) is 3.06. The van der Waals surface area contributed by atoms with E-state index in [9.17, 15) is 5.26 Å². The van der Waals surface area contributed by atoms with Crippen molar-refractivity contribution in [3.05, 3.63) is 29.6 Å². The number of aromatic nitrogens is 2. The molecule has 2 aromatic rings. The maximum absolute atomic E-state index is 9.21. The minimum absolute atomic E-state index is 0.451. The highest BCUT2D eigenvalue weighted by atomic mass is 16.5. The van der Waals surface area contributed by atoms with E-state index in [1.165, 1.54) is 0 Å². The van der Waals surface area contributed by atoms with Crippen LogP contribution in [-0.2, 0) is 10.2 Å². The van der Waals surface area contributed by atoms with E-state index in [0.717, 1.165) is 22.4 Å². The molecule has 0 radical (unpaired) electrons. The molecule has 1 aromatic carbocycles. The number of hydrogen-bond acceptors (Lipinski definition) is 3. The van der Waals surface area contributed by atoms with Crippen LogP contribution in [-0.4, -0.2) is 23.2 Å². The van der Waals surface area contributed by atoms with Gasteiger partial charge in [0.25, 0.3) is 0 Å². The van der Waals surface area contributed by atoms with E-state index in [4.69, 9.17) is 4.74 Å². The fourth-order valence-electron chi connectivity index (χ4n) is 2.04. The molecule has 0 bridgehead atoms. The van der Waals surface area contributed by atoms with Crippen molar-refractivity contribution in [3.63, 3.8) is 0 Å². The molecule has 0 saturated carbocycles. The summed E-state index contributed by atoms with van der Waals surface area (Å²) < 4.78 is 5.15. The zero-order chi connectivity index (χ0) is 11.2. The standard InChI is InChI=1S/C12H11N3O/c1-8-14-10-3-2-9(4-11(10)15-8)12(5-13)6-16-7-12/h2-4H,6-7H2,1H3,(H,14,15). The molecule has 1 aliphatic heterocycles. The maximum atomic E-state index is 9.21. The Morgan fingerprint density at radius 1 is 1.50 bits per heavy atom. The molecule has 3 rings (SSSR count). The molecule has 1 fully saturated rings. The first kappa shape index (κ1) is 9.37. The van der Waals surface area contributed by atoms with Crippen molar-refractivity contribution in [2.75, 3.05) is 13.2 Å². The average molecular weight is 213 g/mol. The van der Waals surface area contributed by atoms with Gasteiger partial charge in [-0.3, -0.25) is 0 Å². The van der Waals surface area contributed by atoms with Crippen LogP contribution < -0.4 is 0 Å². The Morgan fingerprint density at radius 3 is 2.94 bits per heavy atom. The summed E-state index contributed by atoms with van der Waals surface area (Å²) in [6.07, 6.45) is 0. The number of nitriles is 1. The van der Waals surface area contributed by atoms with Crippen molar-refractivity contribution in [3.8, 4) is 6.07 Å². The van der Waals surface area contributed by atoms with E-state index < -0.39 is 5.41 Å². The third kappa shape index (κ3) is 1.15. The molecular weight excluding hydrogens is 202 g/mol. The highest BCUT2D eigenvalue weighted by molar-refractivity contribution is 5.76. The minimum atomic E-state index is -0.451. The van der Waals surface area contributed by atoms with Crippen LogP contribution in [0, 0.1) is 18.3 Å². The lowest BCUT2D eigenvalue weighted by atomic mass is 9.80. The fraction of sp³-hybridized carbons (Fsp3) is 0.333. The third-order valence-corrected chi connectivity index (χ3v) is 3.06. The van der Waals surface area contributed by atoms with E-state index in [-0.39, 0.29) is 0 Å². The molecule has 1 aliphatic rings. The Morgan fingerprint density at radius 2 is 2.31 bits per heavy atom. The molecule has 16 heavy (non-hydrogen) atoms. The number of hydrogen-bond donors (Lipinski definition) is 1. The Hall–Kier alpha value is -1.86. The summed E-state index contributed by atoms with van der Waals surface area (Å²) >= 11 is 0. The molecule has 1 aromatic heterocycles. The van der Waals surface area contributed by atoms with Crippen LogP contribution in [0.15, 0.2) is 18.2 Å². The van der Waals surface area contributed by atoms with Gasteiger partial charge in [0.05, 0.1) is 30.3 Å². The number of aryl methyl sites for hydroxylation is 1. The van der Waals surface area contributed by atoms with E-state index in [1.54, 1.807) is 0 Å². The number of ether oxygens (including phenoxy) is 1. The highest BCUT2D eigenvalue weighted by Crippen LogP contribution is 2.32. The van der Waals surface area contributed by atoms with E-state index >= 15 is 0 Å². The van der Waals surface area contributed by atoms with Crippen LogP contribution in [0.25, 0.3) is 11.0 Å². The summed E-state index contributed by atoms with van der Waals surface area (Å²) in [5, 5.41) is 9.21. The van der Waals surface area contributed by atoms with Gasteiger partial charge in [0, 0.05) is 0 Å². The van der Waals surface area contributed by atoms with E-state index in [0.29, 0.717) is 13.2 Å². The first-order chi connectivity index (χ1) is 7.73. The zero-order valence-electron chi connectivity index (χ0n) is 8.95. The number of aromatic amines is 1. The Balaban J connectivity index is 2.15. The van der Waals surface area contributed by atoms with Gasteiger partial charge in [0.2, 0.25) is 0 Å². The topological polar surface area (TPSA) is 61.7 Å². The van der Waals surface area contributed by atoms with Crippen molar-refractivity contribution < 1.29 is 4.74 Å². The number of fused-ring (bicyclic) bond motifs is 1. The summed E-state index contributed by atoms with van der Waals surface area (Å²) in [6, 6.07) is 8.26. The highest BCUT2D eigenvalue weighted by Gasteiger charge is 2.40. The predicted molar refractivity (Wildman–Crippen MR) is 58.9 cm³/mol. The molecule has 0 spiro atoms. The van der Waals surface area contributed by atoms with Gasteiger partial charge in [-0.05, 0) is 24.6 Å². The van der Waals surface area contributed by atoms with E-state index in [1.807, 2.05) is 25.1 Å². The number of H-pyrrole nitrogens is 1. The molecule has 0 unspecified atom stereocenters. The van der Waals surface area contributed by atoms with Gasteiger partial charge in [-0.15, -0.1) is 0 Å². The Bertz CT molecular complexity index is 590. The SMILES string of the molecule is Cc1nc2ccc(C3(C#N)COC3)cc2[nH]1. The van der Waals surface area contributed by atoms with Crippen molar-refractivity contribution in [2.45, 2.75) is 12.3 Å². The number of nitrogens with zero attached hydrogens (tertiary/aromatic N) is 2. The molecule has 1 N–H and O–H groups in total.